The fourth-order valence-electron chi connectivity index (χ4n) is 2.49. The van der Waals surface area contributed by atoms with Gasteiger partial charge in [0.15, 0.2) is 5.82 Å². The van der Waals surface area contributed by atoms with Crippen molar-refractivity contribution in [1.82, 2.24) is 9.88 Å². The second kappa shape index (κ2) is 5.24. The van der Waals surface area contributed by atoms with Crippen molar-refractivity contribution in [2.75, 3.05) is 12.3 Å². The third-order valence-electron chi connectivity index (χ3n) is 3.43. The van der Waals surface area contributed by atoms with Crippen molar-refractivity contribution in [3.8, 4) is 11.4 Å². The smallest absolute Gasteiger partial charge is 0.262 e. The van der Waals surface area contributed by atoms with Crippen molar-refractivity contribution in [1.29, 1.82) is 0 Å². The van der Waals surface area contributed by atoms with Crippen LogP contribution in [0.25, 0.3) is 5.69 Å². The highest BCUT2D eigenvalue weighted by atomic mass is 19.1. The summed E-state index contributed by atoms with van der Waals surface area (Å²) in [7, 11) is 0. The van der Waals surface area contributed by atoms with Gasteiger partial charge in [0.25, 0.3) is 17.4 Å². The molecule has 2 heterocycles. The van der Waals surface area contributed by atoms with Gasteiger partial charge in [0.1, 0.15) is 17.3 Å². The first-order chi connectivity index (χ1) is 11.0. The van der Waals surface area contributed by atoms with Crippen molar-refractivity contribution in [3.05, 3.63) is 51.6 Å². The molecule has 1 aromatic heterocycles. The van der Waals surface area contributed by atoms with Gasteiger partial charge in [-0.3, -0.25) is 24.3 Å². The van der Waals surface area contributed by atoms with Gasteiger partial charge in [-0.2, -0.15) is 0 Å². The van der Waals surface area contributed by atoms with E-state index in [0.29, 0.717) is 0 Å². The van der Waals surface area contributed by atoms with Crippen molar-refractivity contribution in [3.63, 3.8) is 0 Å². The predicted octanol–water partition coefficient (Wildman–Crippen LogP) is 0.841. The SMILES string of the molecule is CCOc1cccc(F)c1-n1c(N)c2c(cc1=O)C(=O)NC2=O. The van der Waals surface area contributed by atoms with Crippen molar-refractivity contribution in [2.24, 2.45) is 0 Å². The Labute approximate surface area is 129 Å². The standard InChI is InChI=1S/C15H12FN3O4/c1-2-23-9-5-3-4-8(16)12(9)19-10(20)6-7-11(13(19)17)15(22)18-14(7)21/h3-6H,2,17H2,1H3,(H,18,21,22). The van der Waals surface area contributed by atoms with Crippen molar-refractivity contribution >= 4 is 17.6 Å². The lowest BCUT2D eigenvalue weighted by atomic mass is 10.1. The lowest BCUT2D eigenvalue weighted by Crippen LogP contribution is -2.25. The molecule has 0 aliphatic carbocycles. The molecule has 1 aliphatic rings. The van der Waals surface area contributed by atoms with E-state index in [4.69, 9.17) is 10.5 Å². The summed E-state index contributed by atoms with van der Waals surface area (Å²) in [6, 6.07) is 5.00. The van der Waals surface area contributed by atoms with Gasteiger partial charge < -0.3 is 10.5 Å². The van der Waals surface area contributed by atoms with Crippen LogP contribution in [-0.4, -0.2) is 23.0 Å². The van der Waals surface area contributed by atoms with E-state index in [2.05, 4.69) is 0 Å². The van der Waals surface area contributed by atoms with Crippen LogP contribution in [0.4, 0.5) is 10.2 Å². The van der Waals surface area contributed by atoms with E-state index in [1.54, 1.807) is 6.92 Å². The highest BCUT2D eigenvalue weighted by Crippen LogP contribution is 2.29. The molecule has 2 amide bonds. The Morgan fingerprint density at radius 3 is 2.70 bits per heavy atom. The number of anilines is 1. The van der Waals surface area contributed by atoms with Crippen molar-refractivity contribution in [2.45, 2.75) is 6.92 Å². The molecular weight excluding hydrogens is 305 g/mol. The third-order valence-corrected chi connectivity index (χ3v) is 3.43. The lowest BCUT2D eigenvalue weighted by Gasteiger charge is -2.16. The van der Waals surface area contributed by atoms with Gasteiger partial charge in [0.05, 0.1) is 17.7 Å². The van der Waals surface area contributed by atoms with Gasteiger partial charge in [-0.1, -0.05) is 6.07 Å². The Bertz CT molecular complexity index is 904. The van der Waals surface area contributed by atoms with Crippen LogP contribution in [0.5, 0.6) is 5.75 Å². The summed E-state index contributed by atoms with van der Waals surface area (Å²) in [5.41, 5.74) is 4.67. The van der Waals surface area contributed by atoms with Gasteiger partial charge in [0.2, 0.25) is 0 Å². The predicted molar refractivity (Wildman–Crippen MR) is 79.4 cm³/mol. The molecule has 2 aromatic rings. The minimum absolute atomic E-state index is 0.103. The Kier molecular flexibility index (Phi) is 3.36. The Hall–Kier alpha value is -3.16. The zero-order chi connectivity index (χ0) is 16.7. The van der Waals surface area contributed by atoms with Gasteiger partial charge >= 0.3 is 0 Å². The molecule has 0 unspecified atom stereocenters. The molecular formula is C15H12FN3O4. The van der Waals surface area contributed by atoms with Crippen molar-refractivity contribution < 1.29 is 18.7 Å². The molecule has 0 radical (unpaired) electrons. The normalized spacial score (nSPS) is 13.0. The summed E-state index contributed by atoms with van der Waals surface area (Å²) >= 11 is 0. The number of amides is 2. The van der Waals surface area contributed by atoms with E-state index < -0.39 is 23.2 Å². The number of fused-ring (bicyclic) bond motifs is 1. The zero-order valence-electron chi connectivity index (χ0n) is 12.1. The number of aromatic nitrogens is 1. The van der Waals surface area contributed by atoms with E-state index in [1.807, 2.05) is 5.32 Å². The lowest BCUT2D eigenvalue weighted by molar-refractivity contribution is 0.0880. The van der Waals surface area contributed by atoms with Crippen LogP contribution in [-0.2, 0) is 0 Å². The van der Waals surface area contributed by atoms with Gasteiger partial charge in [0, 0.05) is 6.07 Å². The number of carbonyl (C=O) groups excluding carboxylic acids is 2. The Morgan fingerprint density at radius 1 is 1.26 bits per heavy atom. The summed E-state index contributed by atoms with van der Waals surface area (Å²) in [6.45, 7) is 1.95. The van der Waals surface area contributed by atoms with E-state index in [0.717, 1.165) is 16.7 Å². The molecule has 8 heteroatoms. The van der Waals surface area contributed by atoms with Crippen LogP contribution in [0.15, 0.2) is 29.1 Å². The topological polar surface area (TPSA) is 103 Å². The number of hydrogen-bond acceptors (Lipinski definition) is 5. The second-order valence-corrected chi connectivity index (χ2v) is 4.79. The number of rotatable bonds is 3. The minimum Gasteiger partial charge on any atom is -0.492 e. The highest BCUT2D eigenvalue weighted by molar-refractivity contribution is 6.23. The average molecular weight is 317 g/mol. The second-order valence-electron chi connectivity index (χ2n) is 4.79. The number of nitrogens with zero attached hydrogens (tertiary/aromatic N) is 1. The molecule has 118 valence electrons. The summed E-state index contributed by atoms with van der Waals surface area (Å²) in [5.74, 6) is -2.40. The van der Waals surface area contributed by atoms with Gasteiger partial charge in [-0.25, -0.2) is 4.39 Å². The van der Waals surface area contributed by atoms with Crippen LogP contribution < -0.4 is 21.3 Å². The molecule has 0 saturated heterocycles. The summed E-state index contributed by atoms with van der Waals surface area (Å²) < 4.78 is 20.4. The zero-order valence-corrected chi connectivity index (χ0v) is 12.1. The fourth-order valence-corrected chi connectivity index (χ4v) is 2.49. The number of pyridine rings is 1. The molecule has 23 heavy (non-hydrogen) atoms. The number of imide groups is 1. The fraction of sp³-hybridized carbons (Fsp3) is 0.133. The molecule has 0 spiro atoms. The number of carbonyl (C=O) groups is 2. The van der Waals surface area contributed by atoms with E-state index in [-0.39, 0.29) is 35.0 Å². The van der Waals surface area contributed by atoms with E-state index >= 15 is 0 Å². The average Bonchev–Trinajstić information content (AvgIpc) is 2.76. The van der Waals surface area contributed by atoms with E-state index in [1.165, 1.54) is 12.1 Å². The van der Waals surface area contributed by atoms with Crippen LogP contribution in [0.2, 0.25) is 0 Å². The first-order valence-electron chi connectivity index (χ1n) is 6.78. The first kappa shape index (κ1) is 14.8. The summed E-state index contributed by atoms with van der Waals surface area (Å²) in [4.78, 5) is 35.8. The molecule has 0 bridgehead atoms. The number of nitrogens with two attached hydrogens (primary N) is 1. The third kappa shape index (κ3) is 2.15. The van der Waals surface area contributed by atoms with Gasteiger partial charge in [-0.15, -0.1) is 0 Å². The van der Waals surface area contributed by atoms with E-state index in [9.17, 15) is 18.8 Å². The highest BCUT2D eigenvalue weighted by Gasteiger charge is 2.32. The monoisotopic (exact) mass is 317 g/mol. The maximum Gasteiger partial charge on any atom is 0.262 e. The van der Waals surface area contributed by atoms with Crippen LogP contribution in [0, 0.1) is 5.82 Å². The minimum atomic E-state index is -0.741. The quantitative estimate of drug-likeness (QED) is 0.817. The number of benzene rings is 1. The Balaban J connectivity index is 2.36. The summed E-state index contributed by atoms with van der Waals surface area (Å²) in [6.07, 6.45) is 0. The maximum absolute atomic E-state index is 14.3. The number of nitrogens with one attached hydrogen (secondary N) is 1. The number of nitrogen functional groups attached to an aromatic ring is 1. The molecule has 7 nitrogen and oxygen atoms in total. The number of halogens is 1. The molecule has 1 aromatic carbocycles. The molecule has 0 atom stereocenters. The number of ether oxygens (including phenoxy) is 1. The molecule has 3 rings (SSSR count). The maximum atomic E-state index is 14.3. The number of para-hydroxylation sites is 1. The van der Waals surface area contributed by atoms with Crippen LogP contribution >= 0.6 is 0 Å². The molecule has 0 fully saturated rings. The molecule has 1 aliphatic heterocycles. The first-order valence-corrected chi connectivity index (χ1v) is 6.78. The number of hydrogen-bond donors (Lipinski definition) is 2. The Morgan fingerprint density at radius 2 is 2.00 bits per heavy atom. The van der Waals surface area contributed by atoms with Crippen LogP contribution in [0.3, 0.4) is 0 Å². The largest absolute Gasteiger partial charge is 0.492 e. The molecule has 0 saturated carbocycles. The molecule has 3 N–H and O–H groups in total. The van der Waals surface area contributed by atoms with Crippen LogP contribution in [0.1, 0.15) is 27.6 Å². The van der Waals surface area contributed by atoms with Gasteiger partial charge in [-0.05, 0) is 19.1 Å². The summed E-state index contributed by atoms with van der Waals surface area (Å²) in [5, 5.41) is 2.05.